The van der Waals surface area contributed by atoms with Crippen molar-refractivity contribution in [1.29, 1.82) is 0 Å². The van der Waals surface area contributed by atoms with Gasteiger partial charge in [0.1, 0.15) is 22.4 Å². The molecule has 2 aromatic rings. The Morgan fingerprint density at radius 3 is 2.73 bits per heavy atom. The van der Waals surface area contributed by atoms with Crippen LogP contribution < -0.4 is 10.1 Å². The van der Waals surface area contributed by atoms with Gasteiger partial charge in [0.05, 0.1) is 23.3 Å². The third kappa shape index (κ3) is 4.78. The van der Waals surface area contributed by atoms with E-state index >= 15 is 0 Å². The zero-order chi connectivity index (χ0) is 21.8. The van der Waals surface area contributed by atoms with Gasteiger partial charge in [0.2, 0.25) is 5.91 Å². The molecule has 8 nitrogen and oxygen atoms in total. The molecule has 0 unspecified atom stereocenters. The van der Waals surface area contributed by atoms with Gasteiger partial charge < -0.3 is 20.3 Å². The van der Waals surface area contributed by atoms with Gasteiger partial charge in [-0.2, -0.15) is 0 Å². The lowest BCUT2D eigenvalue weighted by atomic mass is 10.1. The number of aromatic carboxylic acids is 1. The number of carbonyl (C=O) groups is 3. The third-order valence-electron chi connectivity index (χ3n) is 4.07. The first kappa shape index (κ1) is 21.3. The first-order valence-corrected chi connectivity index (χ1v) is 9.76. The van der Waals surface area contributed by atoms with Crippen molar-refractivity contribution in [3.05, 3.63) is 58.5 Å². The number of carboxylic acids is 1. The second kappa shape index (κ2) is 8.97. The number of aromatic hydroxyl groups is 1. The SMILES string of the molecule is COc1cccc(C=C2SC(=S)N(CC(=O)Nc3ccc(O)cc3C(=O)O)C2=O)c1. The number of methoxy groups -OCH3 is 1. The van der Waals surface area contributed by atoms with E-state index in [1.165, 1.54) is 12.1 Å². The summed E-state index contributed by atoms with van der Waals surface area (Å²) in [4.78, 5) is 37.9. The van der Waals surface area contributed by atoms with Crippen molar-refractivity contribution in [3.63, 3.8) is 0 Å². The van der Waals surface area contributed by atoms with Crippen molar-refractivity contribution in [3.8, 4) is 11.5 Å². The molecule has 3 N–H and O–H groups in total. The highest BCUT2D eigenvalue weighted by molar-refractivity contribution is 8.26. The molecule has 154 valence electrons. The van der Waals surface area contributed by atoms with Crippen molar-refractivity contribution in [2.75, 3.05) is 19.0 Å². The molecule has 1 heterocycles. The van der Waals surface area contributed by atoms with E-state index in [0.717, 1.165) is 28.3 Å². The Kier molecular flexibility index (Phi) is 6.38. The fourth-order valence-corrected chi connectivity index (χ4v) is 3.93. The topological polar surface area (TPSA) is 116 Å². The maximum atomic E-state index is 12.7. The van der Waals surface area contributed by atoms with Crippen LogP contribution in [-0.2, 0) is 9.59 Å². The Morgan fingerprint density at radius 1 is 1.27 bits per heavy atom. The largest absolute Gasteiger partial charge is 0.508 e. The average Bonchev–Trinajstić information content (AvgIpc) is 2.96. The molecule has 0 saturated carbocycles. The number of rotatable bonds is 6. The second-order valence-electron chi connectivity index (χ2n) is 6.13. The molecule has 0 radical (unpaired) electrons. The summed E-state index contributed by atoms with van der Waals surface area (Å²) in [6.45, 7) is -0.375. The summed E-state index contributed by atoms with van der Waals surface area (Å²) < 4.78 is 5.38. The van der Waals surface area contributed by atoms with Crippen molar-refractivity contribution in [2.45, 2.75) is 0 Å². The number of thiocarbonyl (C=S) groups is 1. The fourth-order valence-electron chi connectivity index (χ4n) is 2.67. The Balaban J connectivity index is 1.73. The maximum Gasteiger partial charge on any atom is 0.337 e. The fraction of sp³-hybridized carbons (Fsp3) is 0.100. The number of anilines is 1. The molecular formula is C20H16N2O6S2. The summed E-state index contributed by atoms with van der Waals surface area (Å²) in [5.74, 6) is -1.96. The number of carboxylic acid groups (broad SMARTS) is 1. The smallest absolute Gasteiger partial charge is 0.337 e. The molecule has 0 aromatic heterocycles. The highest BCUT2D eigenvalue weighted by Crippen LogP contribution is 2.33. The molecule has 1 fully saturated rings. The van der Waals surface area contributed by atoms with Gasteiger partial charge in [-0.05, 0) is 42.0 Å². The number of hydrogen-bond donors (Lipinski definition) is 3. The van der Waals surface area contributed by atoms with Gasteiger partial charge in [-0.25, -0.2) is 4.79 Å². The van der Waals surface area contributed by atoms with Gasteiger partial charge in [-0.1, -0.05) is 36.1 Å². The van der Waals surface area contributed by atoms with Gasteiger partial charge in [0, 0.05) is 0 Å². The van der Waals surface area contributed by atoms with Crippen LogP contribution >= 0.6 is 24.0 Å². The van der Waals surface area contributed by atoms with E-state index in [9.17, 15) is 24.6 Å². The first-order chi connectivity index (χ1) is 14.3. The number of thioether (sulfide) groups is 1. The van der Waals surface area contributed by atoms with Gasteiger partial charge in [-0.3, -0.25) is 14.5 Å². The molecule has 1 saturated heterocycles. The standard InChI is InChI=1S/C20H16N2O6S2/c1-28-13-4-2-3-11(7-13)8-16-18(25)22(20(29)30-16)10-17(24)21-15-6-5-12(23)9-14(15)19(26)27/h2-9,23H,10H2,1H3,(H,21,24)(H,26,27). The van der Waals surface area contributed by atoms with Crippen LogP contribution in [-0.4, -0.2) is 50.9 Å². The van der Waals surface area contributed by atoms with Crippen LogP contribution in [0.25, 0.3) is 6.08 Å². The Bertz CT molecular complexity index is 1080. The summed E-state index contributed by atoms with van der Waals surface area (Å²) in [5, 5.41) is 21.1. The van der Waals surface area contributed by atoms with E-state index in [4.69, 9.17) is 17.0 Å². The first-order valence-electron chi connectivity index (χ1n) is 8.54. The van der Waals surface area contributed by atoms with Gasteiger partial charge >= 0.3 is 5.97 Å². The molecule has 2 amide bonds. The minimum absolute atomic E-state index is 0.00247. The Morgan fingerprint density at radius 2 is 2.03 bits per heavy atom. The molecular weight excluding hydrogens is 428 g/mol. The van der Waals surface area contributed by atoms with Crippen LogP contribution in [0.1, 0.15) is 15.9 Å². The van der Waals surface area contributed by atoms with Crippen LogP contribution in [0.15, 0.2) is 47.4 Å². The molecule has 0 atom stereocenters. The monoisotopic (exact) mass is 444 g/mol. The van der Waals surface area contributed by atoms with E-state index in [0.29, 0.717) is 10.7 Å². The number of benzene rings is 2. The molecule has 0 bridgehead atoms. The molecule has 10 heteroatoms. The van der Waals surface area contributed by atoms with Crippen LogP contribution in [0.5, 0.6) is 11.5 Å². The molecule has 1 aliphatic heterocycles. The van der Waals surface area contributed by atoms with Gasteiger partial charge in [0.25, 0.3) is 5.91 Å². The van der Waals surface area contributed by atoms with E-state index in [1.807, 2.05) is 0 Å². The quantitative estimate of drug-likeness (QED) is 0.354. The van der Waals surface area contributed by atoms with Crippen LogP contribution in [0, 0.1) is 0 Å². The molecule has 1 aliphatic rings. The van der Waals surface area contributed by atoms with Crippen molar-refractivity contribution in [1.82, 2.24) is 4.90 Å². The van der Waals surface area contributed by atoms with Gasteiger partial charge in [0.15, 0.2) is 0 Å². The lowest BCUT2D eigenvalue weighted by Crippen LogP contribution is -2.36. The molecule has 3 rings (SSSR count). The van der Waals surface area contributed by atoms with Crippen molar-refractivity contribution >= 4 is 57.8 Å². The zero-order valence-corrected chi connectivity index (χ0v) is 17.3. The summed E-state index contributed by atoms with van der Waals surface area (Å²) in [6.07, 6.45) is 1.65. The maximum absolute atomic E-state index is 12.7. The van der Waals surface area contributed by atoms with Crippen molar-refractivity contribution in [2.24, 2.45) is 0 Å². The summed E-state index contributed by atoms with van der Waals surface area (Å²) in [7, 11) is 1.54. The van der Waals surface area contributed by atoms with Crippen molar-refractivity contribution < 1.29 is 29.3 Å². The van der Waals surface area contributed by atoms with E-state index in [2.05, 4.69) is 5.32 Å². The molecule has 0 spiro atoms. The lowest BCUT2D eigenvalue weighted by molar-refractivity contribution is -0.126. The second-order valence-corrected chi connectivity index (χ2v) is 7.80. The normalized spacial score (nSPS) is 14.8. The predicted molar refractivity (Wildman–Crippen MR) is 117 cm³/mol. The number of nitrogens with one attached hydrogen (secondary N) is 1. The number of phenols is 1. The number of carbonyl (C=O) groups excluding carboxylic acids is 2. The minimum atomic E-state index is -1.31. The lowest BCUT2D eigenvalue weighted by Gasteiger charge is -2.15. The predicted octanol–water partition coefficient (Wildman–Crippen LogP) is 2.94. The van der Waals surface area contributed by atoms with Gasteiger partial charge in [-0.15, -0.1) is 0 Å². The number of amides is 2. The number of nitrogens with zero attached hydrogens (tertiary/aromatic N) is 1. The summed E-state index contributed by atoms with van der Waals surface area (Å²) >= 11 is 6.29. The highest BCUT2D eigenvalue weighted by atomic mass is 32.2. The van der Waals surface area contributed by atoms with E-state index in [1.54, 1.807) is 37.5 Å². The van der Waals surface area contributed by atoms with E-state index < -0.39 is 17.8 Å². The summed E-state index contributed by atoms with van der Waals surface area (Å²) in [6, 6.07) is 10.7. The Hall–Kier alpha value is -3.37. The molecule has 30 heavy (non-hydrogen) atoms. The highest BCUT2D eigenvalue weighted by Gasteiger charge is 2.33. The molecule has 2 aromatic carbocycles. The number of ether oxygens (including phenoxy) is 1. The number of hydrogen-bond acceptors (Lipinski definition) is 7. The summed E-state index contributed by atoms with van der Waals surface area (Å²) in [5.41, 5.74) is 0.476. The zero-order valence-electron chi connectivity index (χ0n) is 15.6. The van der Waals surface area contributed by atoms with Crippen LogP contribution in [0.2, 0.25) is 0 Å². The molecule has 0 aliphatic carbocycles. The van der Waals surface area contributed by atoms with E-state index in [-0.39, 0.29) is 27.9 Å². The Labute approximate surface area is 181 Å². The van der Waals surface area contributed by atoms with Crippen LogP contribution in [0.4, 0.5) is 5.69 Å². The van der Waals surface area contributed by atoms with Crippen LogP contribution in [0.3, 0.4) is 0 Å². The minimum Gasteiger partial charge on any atom is -0.508 e. The number of phenolic OH excluding ortho intramolecular Hbond substituents is 1. The third-order valence-corrected chi connectivity index (χ3v) is 5.45. The average molecular weight is 444 g/mol.